The van der Waals surface area contributed by atoms with Crippen LogP contribution in [0, 0.1) is 17.4 Å². The Morgan fingerprint density at radius 2 is 1.14 bits per heavy atom. The summed E-state index contributed by atoms with van der Waals surface area (Å²) in [6.45, 7) is 17.4. The number of methoxy groups -OCH3 is 2. The standard InChI is InChI=1S/C27H30O6S.C19H17IOS.C12H19NO6.C2H6/c1-15-5-6-17(22(28)24-23(29)25-26(31-24)33-27(2,3)32-25)13-18(15)14-20-11-12-21(34-20)16-7-9-19(30-4)10-8-16;1-13-3-6-16(20)11-15(13)12-18-9-10-19(22-18)14-4-7-17(21-2)8-5-14;1-12(2)18-9-7(14)8(17-11(9)19-12)10(15)13-3-5-16-6-4-13;1-2/h5-13,22-26,28-29H,14H2,1-4H3;3-11H,12H2,1-2H3;7-9,11,14H,3-6H2,1-2H3;1-2H3/t22?,23-,24+,25+,26+;;7-,8-,9+,11+;/m1.1./s1. The van der Waals surface area contributed by atoms with Crippen molar-refractivity contribution in [1.29, 1.82) is 0 Å². The summed E-state index contributed by atoms with van der Waals surface area (Å²) in [5.41, 5.74) is 8.15. The quantitative estimate of drug-likeness (QED) is 0.105. The van der Waals surface area contributed by atoms with Crippen molar-refractivity contribution in [3.8, 4) is 32.4 Å². The summed E-state index contributed by atoms with van der Waals surface area (Å²) in [5.74, 6) is -0.0867. The molecule has 1 unspecified atom stereocenters. The van der Waals surface area contributed by atoms with Gasteiger partial charge in [-0.05, 0) is 188 Å². The maximum absolute atomic E-state index is 12.3. The molecule has 5 aliphatic heterocycles. The zero-order chi connectivity index (χ0) is 55.2. The Morgan fingerprint density at radius 1 is 0.662 bits per heavy atom. The number of thiophene rings is 2. The van der Waals surface area contributed by atoms with E-state index < -0.39 is 66.9 Å². The molecular formula is C60H72INO13S2. The van der Waals surface area contributed by atoms with Gasteiger partial charge in [0.15, 0.2) is 30.3 Å². The average molecular weight is 1210 g/mol. The van der Waals surface area contributed by atoms with E-state index in [2.05, 4.69) is 103 Å². The molecule has 9 atom stereocenters. The minimum Gasteiger partial charge on any atom is -0.497 e. The second kappa shape index (κ2) is 25.9. The van der Waals surface area contributed by atoms with Crippen molar-refractivity contribution in [1.82, 2.24) is 4.90 Å². The third-order valence-corrected chi connectivity index (χ3v) is 16.7. The van der Waals surface area contributed by atoms with Crippen LogP contribution in [0.3, 0.4) is 0 Å². The number of morpholine rings is 1. The van der Waals surface area contributed by atoms with Crippen molar-refractivity contribution < 1.29 is 62.7 Å². The molecule has 6 aromatic rings. The molecule has 0 bridgehead atoms. The Balaban J connectivity index is 0.000000158. The molecule has 17 heteroatoms. The molecule has 4 aromatic carbocycles. The van der Waals surface area contributed by atoms with Gasteiger partial charge in [-0.3, -0.25) is 4.79 Å². The lowest BCUT2D eigenvalue weighted by Crippen LogP contribution is -2.50. The van der Waals surface area contributed by atoms with Gasteiger partial charge in [-0.15, -0.1) is 22.7 Å². The van der Waals surface area contributed by atoms with E-state index in [0.29, 0.717) is 31.9 Å². The molecule has 414 valence electrons. The number of hydrogen-bond acceptors (Lipinski definition) is 15. The number of nitrogens with zero attached hydrogens (tertiary/aromatic N) is 1. The molecule has 77 heavy (non-hydrogen) atoms. The molecule has 7 heterocycles. The first-order valence-corrected chi connectivity index (χ1v) is 28.8. The van der Waals surface area contributed by atoms with Gasteiger partial charge in [-0.2, -0.15) is 0 Å². The Bertz CT molecular complexity index is 2880. The molecule has 14 nitrogen and oxygen atoms in total. The Kier molecular flexibility index (Phi) is 19.8. The number of carbonyl (C=O) groups is 1. The summed E-state index contributed by atoms with van der Waals surface area (Å²) in [7, 11) is 3.36. The number of benzene rings is 4. The maximum atomic E-state index is 12.3. The summed E-state index contributed by atoms with van der Waals surface area (Å²) in [6, 6.07) is 37.6. The molecule has 5 saturated heterocycles. The smallest absolute Gasteiger partial charge is 0.254 e. The van der Waals surface area contributed by atoms with Gasteiger partial charge < -0.3 is 62.9 Å². The zero-order valence-corrected chi connectivity index (χ0v) is 49.2. The molecular weight excluding hydrogens is 1130 g/mol. The van der Waals surface area contributed by atoms with E-state index in [1.807, 2.05) is 67.6 Å². The van der Waals surface area contributed by atoms with Gasteiger partial charge in [0.1, 0.15) is 48.1 Å². The molecule has 0 radical (unpaired) electrons. The van der Waals surface area contributed by atoms with Crippen LogP contribution in [-0.4, -0.2) is 127 Å². The van der Waals surface area contributed by atoms with E-state index in [4.69, 9.17) is 42.6 Å². The normalized spacial score (nSPS) is 25.0. The number of aliphatic hydroxyl groups excluding tert-OH is 3. The average Bonchev–Trinajstić information content (AvgIpc) is 4.32. The SMILES string of the molecule is CC.CC1(C)O[C@@H]2O[C@@H](C(=O)N3CCOCC3)[C@@H](O)[C@@H]2O1.COc1ccc(-c2ccc(Cc3cc(C(O)[C@@H]4O[C@H]5OC(C)(C)O[C@H]5[C@@H]4O)ccc3C)s2)cc1.COc1ccc(-c2ccc(Cc3cc(I)ccc3C)s2)cc1. The first-order valence-electron chi connectivity index (χ1n) is 26.1. The van der Waals surface area contributed by atoms with Crippen LogP contribution in [0.25, 0.3) is 20.9 Å². The highest BCUT2D eigenvalue weighted by molar-refractivity contribution is 14.1. The van der Waals surface area contributed by atoms with Gasteiger partial charge in [0.2, 0.25) is 0 Å². The highest BCUT2D eigenvalue weighted by Crippen LogP contribution is 2.42. The third kappa shape index (κ3) is 14.4. The summed E-state index contributed by atoms with van der Waals surface area (Å²) in [4.78, 5) is 19.1. The van der Waals surface area contributed by atoms with Gasteiger partial charge >= 0.3 is 0 Å². The van der Waals surface area contributed by atoms with E-state index in [0.717, 1.165) is 41.0 Å². The Hall–Kier alpha value is -4.32. The van der Waals surface area contributed by atoms with Crippen molar-refractivity contribution in [3.63, 3.8) is 0 Å². The van der Waals surface area contributed by atoms with E-state index in [1.54, 1.807) is 58.2 Å². The van der Waals surface area contributed by atoms with Crippen LogP contribution < -0.4 is 9.47 Å². The largest absolute Gasteiger partial charge is 0.497 e. The molecule has 11 rings (SSSR count). The molecule has 5 fully saturated rings. The Labute approximate surface area is 474 Å². The minimum absolute atomic E-state index is 0.227. The van der Waals surface area contributed by atoms with Crippen molar-refractivity contribution in [2.75, 3.05) is 40.5 Å². The van der Waals surface area contributed by atoms with Crippen molar-refractivity contribution in [2.24, 2.45) is 0 Å². The first kappa shape index (κ1) is 58.8. The molecule has 0 spiro atoms. The van der Waals surface area contributed by atoms with E-state index in [9.17, 15) is 20.1 Å². The molecule has 0 aliphatic carbocycles. The van der Waals surface area contributed by atoms with Gasteiger partial charge in [0.25, 0.3) is 5.91 Å². The number of halogens is 1. The number of amides is 1. The van der Waals surface area contributed by atoms with Crippen molar-refractivity contribution >= 4 is 51.2 Å². The number of ether oxygens (including phenoxy) is 9. The number of hydrogen-bond donors (Lipinski definition) is 3. The lowest BCUT2D eigenvalue weighted by molar-refractivity contribution is -0.226. The van der Waals surface area contributed by atoms with Gasteiger partial charge in [0, 0.05) is 49.0 Å². The minimum atomic E-state index is -0.998. The molecule has 1 amide bonds. The first-order chi connectivity index (χ1) is 36.9. The summed E-state index contributed by atoms with van der Waals surface area (Å²) in [6.07, 6.45) is -5.51. The molecule has 0 saturated carbocycles. The second-order valence-corrected chi connectivity index (χ2v) is 23.6. The van der Waals surface area contributed by atoms with Gasteiger partial charge in [0.05, 0.1) is 27.4 Å². The predicted molar refractivity (Wildman–Crippen MR) is 306 cm³/mol. The van der Waals surface area contributed by atoms with Crippen LogP contribution in [0.2, 0.25) is 0 Å². The zero-order valence-electron chi connectivity index (χ0n) is 45.4. The van der Waals surface area contributed by atoms with Crippen LogP contribution in [0.5, 0.6) is 11.5 Å². The highest BCUT2D eigenvalue weighted by Gasteiger charge is 2.58. The Morgan fingerprint density at radius 3 is 1.64 bits per heavy atom. The number of rotatable bonds is 11. The van der Waals surface area contributed by atoms with Crippen LogP contribution >= 0.6 is 45.3 Å². The third-order valence-electron chi connectivity index (χ3n) is 13.8. The van der Waals surface area contributed by atoms with E-state index in [1.165, 1.54) is 39.8 Å². The number of carbonyl (C=O) groups excluding carboxylic acids is 1. The fraction of sp³-hybridized carbons (Fsp3) is 0.450. The maximum Gasteiger partial charge on any atom is 0.254 e. The van der Waals surface area contributed by atoms with Crippen molar-refractivity contribution in [2.45, 2.75) is 135 Å². The highest BCUT2D eigenvalue weighted by atomic mass is 127. The molecule has 5 aliphatic rings. The van der Waals surface area contributed by atoms with Crippen molar-refractivity contribution in [3.05, 3.63) is 150 Å². The van der Waals surface area contributed by atoms with Crippen LogP contribution in [0.1, 0.15) is 85.2 Å². The lowest BCUT2D eigenvalue weighted by Gasteiger charge is -2.30. The van der Waals surface area contributed by atoms with E-state index >= 15 is 0 Å². The second-order valence-electron chi connectivity index (χ2n) is 20.1. The summed E-state index contributed by atoms with van der Waals surface area (Å²) < 4.78 is 50.9. The predicted octanol–water partition coefficient (Wildman–Crippen LogP) is 10.6. The number of aliphatic hydroxyl groups is 3. The van der Waals surface area contributed by atoms with Crippen LogP contribution in [-0.2, 0) is 50.8 Å². The summed E-state index contributed by atoms with van der Waals surface area (Å²) in [5, 5.41) is 32.0. The molecule has 3 N–H and O–H groups in total. The lowest BCUT2D eigenvalue weighted by atomic mass is 9.94. The van der Waals surface area contributed by atoms with Crippen LogP contribution in [0.15, 0.2) is 109 Å². The summed E-state index contributed by atoms with van der Waals surface area (Å²) >= 11 is 6.00. The number of fused-ring (bicyclic) bond motifs is 2. The van der Waals surface area contributed by atoms with Gasteiger partial charge in [-0.1, -0.05) is 38.1 Å². The number of aryl methyl sites for hydroxylation is 2. The fourth-order valence-corrected chi connectivity index (χ4v) is 12.3. The topological polar surface area (TPSA) is 164 Å². The fourth-order valence-electron chi connectivity index (χ4n) is 9.66. The van der Waals surface area contributed by atoms with Crippen LogP contribution in [0.4, 0.5) is 0 Å². The molecule has 2 aromatic heterocycles. The van der Waals surface area contributed by atoms with E-state index in [-0.39, 0.29) is 5.91 Å². The van der Waals surface area contributed by atoms with Gasteiger partial charge in [-0.25, -0.2) is 0 Å². The monoisotopic (exact) mass is 1210 g/mol.